The second-order valence-electron chi connectivity index (χ2n) is 26.8. The van der Waals surface area contributed by atoms with Crippen molar-refractivity contribution in [1.29, 1.82) is 0 Å². The van der Waals surface area contributed by atoms with E-state index in [0.717, 1.165) is 76.6 Å². The molecule has 0 saturated heterocycles. The summed E-state index contributed by atoms with van der Waals surface area (Å²) in [4.78, 5) is 58.1. The molecule has 8 nitrogen and oxygen atoms in total. The second-order valence-corrected chi connectivity index (χ2v) is 26.8. The quantitative estimate of drug-likeness (QED) is 0.111. The highest BCUT2D eigenvalue weighted by Gasteiger charge is 2.48. The summed E-state index contributed by atoms with van der Waals surface area (Å²) in [5.74, 6) is -0.431. The van der Waals surface area contributed by atoms with Gasteiger partial charge in [-0.2, -0.15) is 0 Å². The summed E-state index contributed by atoms with van der Waals surface area (Å²) in [6.07, 6.45) is 4.48. The van der Waals surface area contributed by atoms with Crippen molar-refractivity contribution >= 4 is 46.2 Å². The molecule has 0 amide bonds. The summed E-state index contributed by atoms with van der Waals surface area (Å²) in [6.45, 7) is 38.2. The minimum atomic E-state index is -0.620. The normalized spacial score (nSPS) is 20.2. The van der Waals surface area contributed by atoms with E-state index >= 15 is 0 Å². The molecule has 0 radical (unpaired) electrons. The third-order valence-electron chi connectivity index (χ3n) is 15.3. The van der Waals surface area contributed by atoms with E-state index in [2.05, 4.69) is 161 Å². The van der Waals surface area contributed by atoms with Crippen LogP contribution in [0.1, 0.15) is 223 Å². The van der Waals surface area contributed by atoms with Crippen molar-refractivity contribution in [3.8, 4) is 23.0 Å². The highest BCUT2D eigenvalue weighted by atomic mass is 16.6. The predicted octanol–water partition coefficient (Wildman–Crippen LogP) is 14.2. The maximum atomic E-state index is 14.6. The van der Waals surface area contributed by atoms with Gasteiger partial charge in [-0.3, -0.25) is 0 Å². The zero-order chi connectivity index (χ0) is 51.4. The predicted molar refractivity (Wildman–Crippen MR) is 278 cm³/mol. The Labute approximate surface area is 415 Å². The molecule has 0 bridgehead atoms. The fraction of sp³-hybridized carbons (Fsp3) is 0.484. The Morgan fingerprint density at radius 2 is 0.586 bits per heavy atom. The summed E-state index contributed by atoms with van der Waals surface area (Å²) in [6, 6.07) is 16.9. The highest BCUT2D eigenvalue weighted by molar-refractivity contribution is 6.42. The summed E-state index contributed by atoms with van der Waals surface area (Å²) < 4.78 is 25.0. The smallest absolute Gasteiger partial charge is 0.345 e. The molecule has 0 atom stereocenters. The van der Waals surface area contributed by atoms with Crippen LogP contribution in [0.3, 0.4) is 0 Å². The van der Waals surface area contributed by atoms with Crippen molar-refractivity contribution in [1.82, 2.24) is 0 Å². The van der Waals surface area contributed by atoms with E-state index < -0.39 is 40.1 Å². The van der Waals surface area contributed by atoms with Gasteiger partial charge in [0.1, 0.15) is 23.0 Å². The Hall–Kier alpha value is -5.76. The van der Waals surface area contributed by atoms with Crippen LogP contribution in [0.2, 0.25) is 0 Å². The van der Waals surface area contributed by atoms with E-state index in [0.29, 0.717) is 45.3 Å². The average molecular weight is 945 g/mol. The maximum Gasteiger partial charge on any atom is 0.345 e. The Morgan fingerprint density at radius 1 is 0.329 bits per heavy atom. The van der Waals surface area contributed by atoms with Crippen LogP contribution < -0.4 is 18.9 Å². The highest BCUT2D eigenvalue weighted by Crippen LogP contribution is 2.57. The van der Waals surface area contributed by atoms with Crippen LogP contribution >= 0.6 is 0 Å². The number of hydrogen-bond acceptors (Lipinski definition) is 8. The number of ether oxygens (including phenoxy) is 4. The van der Waals surface area contributed by atoms with Crippen LogP contribution in [0, 0.1) is 0 Å². The van der Waals surface area contributed by atoms with Gasteiger partial charge in [-0.05, 0) is 91.9 Å². The molecule has 4 aromatic carbocycles. The summed E-state index contributed by atoms with van der Waals surface area (Å²) in [5, 5.41) is 0. The summed E-state index contributed by atoms with van der Waals surface area (Å²) in [7, 11) is 0. The van der Waals surface area contributed by atoms with Gasteiger partial charge in [0.25, 0.3) is 0 Å². The Bertz CT molecular complexity index is 2860. The largest absolute Gasteiger partial charge is 0.422 e. The topological polar surface area (TPSA) is 105 Å². The van der Waals surface area contributed by atoms with E-state index in [9.17, 15) is 19.2 Å². The van der Waals surface area contributed by atoms with Gasteiger partial charge in [0.2, 0.25) is 0 Å². The molecule has 0 unspecified atom stereocenters. The molecule has 70 heavy (non-hydrogen) atoms. The van der Waals surface area contributed by atoms with Crippen molar-refractivity contribution in [2.75, 3.05) is 0 Å². The standard InChI is InChI=1S/C62H72O8/c1-56(2,3)32-24-36-44(52(63)67-48(36)40(28-32)58(7,8)9)46-38-26-34(30-42(60(13,14)15)50(38)69-54(46)65)62(22-20-19-21-23-62)35-27-39-47(55(66)70-51(39)43(31-35)61(16,17)18)45-37-25-33(57(4,5)6)29-41(59(10,11)12)49(37)68-53(45)64/h24-31H,19-23H2,1-18H3/b46-44+,47-45+. The average Bonchev–Trinajstić information content (AvgIpc) is 3.94. The number of carbonyl (C=O) groups is 4. The Balaban J connectivity index is 1.34. The molecule has 4 heterocycles. The lowest BCUT2D eigenvalue weighted by Crippen LogP contribution is -2.32. The van der Waals surface area contributed by atoms with Crippen molar-refractivity contribution in [3.05, 3.63) is 115 Å². The molecule has 0 spiro atoms. The summed E-state index contributed by atoms with van der Waals surface area (Å²) >= 11 is 0. The minimum absolute atomic E-state index is 0.209. The number of rotatable bonds is 2. The van der Waals surface area contributed by atoms with Crippen LogP contribution in [0.4, 0.5) is 0 Å². The van der Waals surface area contributed by atoms with Gasteiger partial charge >= 0.3 is 23.9 Å². The summed E-state index contributed by atoms with van der Waals surface area (Å²) in [5.41, 5.74) is 7.94. The lowest BCUT2D eigenvalue weighted by molar-refractivity contribution is -0.129. The van der Waals surface area contributed by atoms with Gasteiger partial charge in [0, 0.05) is 49.9 Å². The zero-order valence-electron chi connectivity index (χ0n) is 44.9. The van der Waals surface area contributed by atoms with Crippen molar-refractivity contribution in [3.63, 3.8) is 0 Å². The third-order valence-corrected chi connectivity index (χ3v) is 15.3. The SMILES string of the molecule is CC(C)(C)c1cc2c(c(C(C)(C)C)c1)OC(=O)/C2=C1/C(=O)Oc2c1cc(C1(c3cc4c(c(C(C)(C)C)c3)OC(=O)/C4=C3/C(=O)Oc4c3cc(C(C)(C)C)cc4C(C)(C)C)CCCCC1)cc2C(C)(C)C. The first-order valence-corrected chi connectivity index (χ1v) is 25.3. The molecule has 4 aromatic rings. The van der Waals surface area contributed by atoms with E-state index in [1.54, 1.807) is 0 Å². The number of benzene rings is 4. The number of carbonyl (C=O) groups excluding carboxylic acids is 4. The minimum Gasteiger partial charge on any atom is -0.422 e. The molecule has 4 aliphatic heterocycles. The van der Waals surface area contributed by atoms with Gasteiger partial charge in [0.15, 0.2) is 0 Å². The van der Waals surface area contributed by atoms with E-state index in [1.165, 1.54) is 0 Å². The molecule has 1 fully saturated rings. The fourth-order valence-corrected chi connectivity index (χ4v) is 11.2. The molecule has 8 heteroatoms. The van der Waals surface area contributed by atoms with Crippen molar-refractivity contribution in [2.45, 2.75) is 195 Å². The van der Waals surface area contributed by atoms with Gasteiger partial charge in [-0.25, -0.2) is 19.2 Å². The van der Waals surface area contributed by atoms with Crippen LogP contribution in [-0.2, 0) is 57.1 Å². The molecule has 0 N–H and O–H groups in total. The van der Waals surface area contributed by atoms with Crippen LogP contribution in [0.15, 0.2) is 48.5 Å². The molecular weight excluding hydrogens is 873 g/mol. The lowest BCUT2D eigenvalue weighted by atomic mass is 9.63. The lowest BCUT2D eigenvalue weighted by Gasteiger charge is -2.40. The molecule has 9 rings (SSSR count). The van der Waals surface area contributed by atoms with E-state index in [4.69, 9.17) is 18.9 Å². The van der Waals surface area contributed by atoms with Gasteiger partial charge in [-0.15, -0.1) is 0 Å². The molecular formula is C62H72O8. The molecule has 368 valence electrons. The van der Waals surface area contributed by atoms with Crippen LogP contribution in [-0.4, -0.2) is 23.9 Å². The third kappa shape index (κ3) is 7.87. The van der Waals surface area contributed by atoms with E-state index in [1.807, 2.05) is 12.1 Å². The van der Waals surface area contributed by atoms with Gasteiger partial charge < -0.3 is 18.9 Å². The number of esters is 4. The van der Waals surface area contributed by atoms with Gasteiger partial charge in [-0.1, -0.05) is 168 Å². The number of fused-ring (bicyclic) bond motifs is 4. The molecule has 5 aliphatic rings. The molecule has 0 aromatic heterocycles. The number of hydrogen-bond donors (Lipinski definition) is 0. The van der Waals surface area contributed by atoms with Gasteiger partial charge in [0.05, 0.1) is 22.3 Å². The Morgan fingerprint density at radius 3 is 0.843 bits per heavy atom. The first-order chi connectivity index (χ1) is 32.1. The first kappa shape index (κ1) is 49.2. The van der Waals surface area contributed by atoms with E-state index in [-0.39, 0.29) is 44.0 Å². The van der Waals surface area contributed by atoms with Crippen LogP contribution in [0.25, 0.3) is 22.3 Å². The monoisotopic (exact) mass is 945 g/mol. The molecule has 1 saturated carbocycles. The fourth-order valence-electron chi connectivity index (χ4n) is 11.2. The Kier molecular flexibility index (Phi) is 11.0. The second kappa shape index (κ2) is 15.6. The molecule has 1 aliphatic carbocycles. The van der Waals surface area contributed by atoms with Crippen molar-refractivity contribution < 1.29 is 38.1 Å². The first-order valence-electron chi connectivity index (χ1n) is 25.3. The maximum absolute atomic E-state index is 14.6. The zero-order valence-corrected chi connectivity index (χ0v) is 44.9. The van der Waals surface area contributed by atoms with Crippen molar-refractivity contribution in [2.24, 2.45) is 0 Å². The van der Waals surface area contributed by atoms with Crippen LogP contribution in [0.5, 0.6) is 23.0 Å².